The Hall–Kier alpha value is -3.93. The van der Waals surface area contributed by atoms with Gasteiger partial charge in [-0.25, -0.2) is 0 Å². The Labute approximate surface area is 181 Å². The molecule has 1 aliphatic heterocycles. The van der Waals surface area contributed by atoms with E-state index >= 15 is 0 Å². The number of nitrogens with zero attached hydrogens (tertiary/aromatic N) is 2. The summed E-state index contributed by atoms with van der Waals surface area (Å²) >= 11 is 0. The van der Waals surface area contributed by atoms with E-state index in [9.17, 15) is 4.79 Å². The van der Waals surface area contributed by atoms with Crippen molar-refractivity contribution in [1.29, 1.82) is 0 Å². The van der Waals surface area contributed by atoms with Crippen molar-refractivity contribution < 1.29 is 9.53 Å². The minimum Gasteiger partial charge on any atom is -0.489 e. The van der Waals surface area contributed by atoms with Gasteiger partial charge in [0.05, 0.1) is 18.2 Å². The van der Waals surface area contributed by atoms with Gasteiger partial charge in [0, 0.05) is 11.3 Å². The molecule has 1 heterocycles. The molecule has 0 spiro atoms. The number of anilines is 1. The van der Waals surface area contributed by atoms with Crippen molar-refractivity contribution in [2.75, 3.05) is 5.32 Å². The lowest BCUT2D eigenvalue weighted by Crippen LogP contribution is -2.25. The third-order valence-corrected chi connectivity index (χ3v) is 4.94. The van der Waals surface area contributed by atoms with Crippen LogP contribution in [-0.4, -0.2) is 24.0 Å². The molecule has 0 aliphatic carbocycles. The number of rotatable bonds is 7. The van der Waals surface area contributed by atoms with E-state index in [0.717, 1.165) is 33.8 Å². The summed E-state index contributed by atoms with van der Waals surface area (Å²) in [5.74, 6) is 0.711. The van der Waals surface area contributed by atoms with E-state index in [1.807, 2.05) is 85.8 Å². The van der Waals surface area contributed by atoms with E-state index < -0.39 is 0 Å². The lowest BCUT2D eigenvalue weighted by atomic mass is 10.0. The van der Waals surface area contributed by atoms with Crippen LogP contribution in [0.2, 0.25) is 0 Å². The van der Waals surface area contributed by atoms with Crippen molar-refractivity contribution in [3.05, 3.63) is 95.6 Å². The minimum atomic E-state index is -0.0691. The maximum absolute atomic E-state index is 12.4. The van der Waals surface area contributed by atoms with Gasteiger partial charge in [0.25, 0.3) is 0 Å². The maximum atomic E-state index is 12.4. The van der Waals surface area contributed by atoms with Crippen LogP contribution in [0.1, 0.15) is 23.6 Å². The quantitative estimate of drug-likeness (QED) is 0.612. The van der Waals surface area contributed by atoms with Gasteiger partial charge in [-0.3, -0.25) is 15.2 Å². The SMILES string of the molecule is CC1N=CNN=C1c1ccc(NC(=O)Cc2ccc(OCc3ccccc3)cc2)cc1. The zero-order valence-corrected chi connectivity index (χ0v) is 17.3. The molecular weight excluding hydrogens is 388 g/mol. The highest BCUT2D eigenvalue weighted by Gasteiger charge is 2.14. The van der Waals surface area contributed by atoms with Crippen LogP contribution in [0.4, 0.5) is 5.69 Å². The third kappa shape index (κ3) is 5.57. The summed E-state index contributed by atoms with van der Waals surface area (Å²) in [5.41, 5.74) is 7.41. The fourth-order valence-electron chi connectivity index (χ4n) is 3.27. The van der Waals surface area contributed by atoms with Crippen molar-refractivity contribution >= 4 is 23.6 Å². The van der Waals surface area contributed by atoms with Crippen molar-refractivity contribution in [1.82, 2.24) is 5.43 Å². The summed E-state index contributed by atoms with van der Waals surface area (Å²) in [4.78, 5) is 16.7. The van der Waals surface area contributed by atoms with Gasteiger partial charge < -0.3 is 10.1 Å². The first-order valence-corrected chi connectivity index (χ1v) is 10.2. The van der Waals surface area contributed by atoms with Crippen LogP contribution in [0.15, 0.2) is 89.0 Å². The second-order valence-electron chi connectivity index (χ2n) is 7.30. The molecule has 0 saturated carbocycles. The number of ether oxygens (including phenoxy) is 1. The monoisotopic (exact) mass is 412 g/mol. The Kier molecular flexibility index (Phi) is 6.38. The van der Waals surface area contributed by atoms with Gasteiger partial charge >= 0.3 is 0 Å². The molecule has 4 rings (SSSR count). The van der Waals surface area contributed by atoms with Crippen LogP contribution in [-0.2, 0) is 17.8 Å². The Bertz CT molecular complexity index is 1070. The van der Waals surface area contributed by atoms with Crippen molar-refractivity contribution in [3.63, 3.8) is 0 Å². The number of hydrogen-bond acceptors (Lipinski definition) is 5. The first kappa shape index (κ1) is 20.3. The van der Waals surface area contributed by atoms with E-state index in [2.05, 4.69) is 20.8 Å². The summed E-state index contributed by atoms with van der Waals surface area (Å²) in [6, 6.07) is 25.3. The van der Waals surface area contributed by atoms with Crippen molar-refractivity contribution in [2.45, 2.75) is 26.0 Å². The maximum Gasteiger partial charge on any atom is 0.228 e. The average molecular weight is 412 g/mol. The summed E-state index contributed by atoms with van der Waals surface area (Å²) in [5, 5.41) is 7.22. The molecule has 1 unspecified atom stereocenters. The lowest BCUT2D eigenvalue weighted by molar-refractivity contribution is -0.115. The Morgan fingerprint density at radius 2 is 1.71 bits per heavy atom. The van der Waals surface area contributed by atoms with Crippen molar-refractivity contribution in [3.8, 4) is 5.75 Å². The van der Waals surface area contributed by atoms with Crippen LogP contribution in [0.3, 0.4) is 0 Å². The number of hydrogen-bond donors (Lipinski definition) is 2. The Morgan fingerprint density at radius 1 is 0.968 bits per heavy atom. The van der Waals surface area contributed by atoms with Gasteiger partial charge in [0.1, 0.15) is 18.7 Å². The predicted octanol–water partition coefficient (Wildman–Crippen LogP) is 4.17. The molecule has 6 nitrogen and oxygen atoms in total. The first-order chi connectivity index (χ1) is 15.2. The topological polar surface area (TPSA) is 75.1 Å². The Morgan fingerprint density at radius 3 is 2.42 bits per heavy atom. The van der Waals surface area contributed by atoms with Crippen LogP contribution in [0.25, 0.3) is 0 Å². The fraction of sp³-hybridized carbons (Fsp3) is 0.160. The zero-order chi connectivity index (χ0) is 21.5. The van der Waals surface area contributed by atoms with Crippen LogP contribution in [0, 0.1) is 0 Å². The number of benzene rings is 3. The minimum absolute atomic E-state index is 0.00124. The molecule has 156 valence electrons. The number of hydrazone groups is 1. The van der Waals surface area contributed by atoms with Crippen LogP contribution in [0.5, 0.6) is 5.75 Å². The van der Waals surface area contributed by atoms with Gasteiger partial charge in [-0.2, -0.15) is 5.10 Å². The smallest absolute Gasteiger partial charge is 0.228 e. The van der Waals surface area contributed by atoms with E-state index in [1.54, 1.807) is 6.34 Å². The Balaban J connectivity index is 1.29. The molecular formula is C25H24N4O2. The highest BCUT2D eigenvalue weighted by molar-refractivity contribution is 6.06. The molecule has 0 radical (unpaired) electrons. The average Bonchev–Trinajstić information content (AvgIpc) is 2.80. The van der Waals surface area contributed by atoms with Gasteiger partial charge in [0.2, 0.25) is 5.91 Å². The molecule has 3 aromatic rings. The second kappa shape index (κ2) is 9.71. The molecule has 3 aromatic carbocycles. The molecule has 0 fully saturated rings. The van der Waals surface area contributed by atoms with Crippen LogP contribution < -0.4 is 15.5 Å². The van der Waals surface area contributed by atoms with Gasteiger partial charge in [-0.05, 0) is 42.3 Å². The molecule has 0 bridgehead atoms. The van der Waals surface area contributed by atoms with E-state index in [0.29, 0.717) is 13.0 Å². The van der Waals surface area contributed by atoms with E-state index in [1.165, 1.54) is 0 Å². The fourth-order valence-corrected chi connectivity index (χ4v) is 3.27. The highest BCUT2D eigenvalue weighted by Crippen LogP contribution is 2.17. The first-order valence-electron chi connectivity index (χ1n) is 10.2. The number of amides is 1. The van der Waals surface area contributed by atoms with E-state index in [-0.39, 0.29) is 11.9 Å². The zero-order valence-electron chi connectivity index (χ0n) is 17.3. The predicted molar refractivity (Wildman–Crippen MR) is 124 cm³/mol. The molecule has 31 heavy (non-hydrogen) atoms. The van der Waals surface area contributed by atoms with Crippen LogP contribution >= 0.6 is 0 Å². The molecule has 1 amide bonds. The second-order valence-corrected chi connectivity index (χ2v) is 7.30. The summed E-state index contributed by atoms with van der Waals surface area (Å²) in [7, 11) is 0. The van der Waals surface area contributed by atoms with Gasteiger partial charge in [-0.1, -0.05) is 54.6 Å². The summed E-state index contributed by atoms with van der Waals surface area (Å²) < 4.78 is 5.79. The molecule has 0 aromatic heterocycles. The number of nitrogens with one attached hydrogen (secondary N) is 2. The highest BCUT2D eigenvalue weighted by atomic mass is 16.5. The largest absolute Gasteiger partial charge is 0.489 e. The number of aliphatic imine (C=N–C) groups is 1. The molecule has 1 atom stereocenters. The number of carbonyl (C=O) groups excluding carboxylic acids is 1. The molecule has 0 saturated heterocycles. The normalized spacial score (nSPS) is 15.0. The van der Waals surface area contributed by atoms with E-state index in [4.69, 9.17) is 4.74 Å². The summed E-state index contributed by atoms with van der Waals surface area (Å²) in [6.45, 7) is 2.51. The van der Waals surface area contributed by atoms with Crippen molar-refractivity contribution in [2.24, 2.45) is 10.1 Å². The van der Waals surface area contributed by atoms with Gasteiger partial charge in [-0.15, -0.1) is 0 Å². The number of carbonyl (C=O) groups is 1. The lowest BCUT2D eigenvalue weighted by Gasteiger charge is -2.15. The third-order valence-electron chi connectivity index (χ3n) is 4.94. The summed E-state index contributed by atoms with van der Waals surface area (Å²) in [6.07, 6.45) is 1.88. The van der Waals surface area contributed by atoms with Gasteiger partial charge in [0.15, 0.2) is 0 Å². The standard InChI is InChI=1S/C25H24N4O2/c1-18-25(29-27-17-26-18)21-9-11-22(12-10-21)28-24(30)15-19-7-13-23(14-8-19)31-16-20-5-3-2-4-6-20/h2-14,17-18H,15-16H2,1H3,(H,26,27)(H,28,30). The molecule has 6 heteroatoms. The molecule has 2 N–H and O–H groups in total. The molecule has 1 aliphatic rings.